The second-order valence-corrected chi connectivity index (χ2v) is 7.74. The molecule has 0 aliphatic rings. The van der Waals surface area contributed by atoms with Gasteiger partial charge in [-0.2, -0.15) is 0 Å². The first-order chi connectivity index (χ1) is 12.4. The highest BCUT2D eigenvalue weighted by Crippen LogP contribution is 2.26. The van der Waals surface area contributed by atoms with Crippen molar-refractivity contribution in [1.29, 1.82) is 0 Å². The van der Waals surface area contributed by atoms with Crippen LogP contribution in [-0.4, -0.2) is 25.0 Å². The number of aliphatic imine (C=N–C) groups is 1. The molecule has 1 amide bonds. The SMILES string of the molecule is CCNC(=NCc1cccc(NC(C)=O)c1)NCC(C)(C)c1cccs1.I. The number of carbonyl (C=O) groups is 1. The van der Waals surface area contributed by atoms with Crippen LogP contribution in [0, 0.1) is 0 Å². The van der Waals surface area contributed by atoms with E-state index in [1.165, 1.54) is 11.8 Å². The Labute approximate surface area is 183 Å². The summed E-state index contributed by atoms with van der Waals surface area (Å²) >= 11 is 1.78. The Morgan fingerprint density at radius 1 is 1.19 bits per heavy atom. The van der Waals surface area contributed by atoms with Gasteiger partial charge in [0.1, 0.15) is 0 Å². The molecule has 0 unspecified atom stereocenters. The maximum atomic E-state index is 11.2. The van der Waals surface area contributed by atoms with E-state index < -0.39 is 0 Å². The largest absolute Gasteiger partial charge is 0.357 e. The molecule has 2 rings (SSSR count). The second kappa shape index (κ2) is 11.3. The van der Waals surface area contributed by atoms with Crippen LogP contribution in [0.4, 0.5) is 5.69 Å². The van der Waals surface area contributed by atoms with E-state index >= 15 is 0 Å². The van der Waals surface area contributed by atoms with Crippen molar-refractivity contribution in [2.24, 2.45) is 4.99 Å². The molecule has 3 N–H and O–H groups in total. The van der Waals surface area contributed by atoms with Crippen molar-refractivity contribution in [3.8, 4) is 0 Å². The molecule has 0 saturated carbocycles. The van der Waals surface area contributed by atoms with Gasteiger partial charge in [-0.3, -0.25) is 4.79 Å². The summed E-state index contributed by atoms with van der Waals surface area (Å²) in [6.45, 7) is 10.2. The molecule has 0 bridgehead atoms. The van der Waals surface area contributed by atoms with Crippen molar-refractivity contribution in [2.45, 2.75) is 39.7 Å². The Hall–Kier alpha value is -1.61. The summed E-state index contributed by atoms with van der Waals surface area (Å²) < 4.78 is 0. The van der Waals surface area contributed by atoms with Gasteiger partial charge in [0, 0.05) is 36.0 Å². The summed E-state index contributed by atoms with van der Waals surface area (Å²) in [5.74, 6) is 0.721. The molecule has 5 nitrogen and oxygen atoms in total. The number of amides is 1. The van der Waals surface area contributed by atoms with Gasteiger partial charge in [0.2, 0.25) is 5.91 Å². The van der Waals surface area contributed by atoms with Crippen LogP contribution in [0.2, 0.25) is 0 Å². The predicted octanol–water partition coefficient (Wildman–Crippen LogP) is 4.36. The lowest BCUT2D eigenvalue weighted by Crippen LogP contribution is -2.43. The first-order valence-electron chi connectivity index (χ1n) is 8.83. The number of nitrogens with zero attached hydrogens (tertiary/aromatic N) is 1. The van der Waals surface area contributed by atoms with Crippen molar-refractivity contribution in [3.63, 3.8) is 0 Å². The summed E-state index contributed by atoms with van der Waals surface area (Å²) in [5.41, 5.74) is 1.88. The fourth-order valence-corrected chi connectivity index (χ4v) is 3.37. The predicted molar refractivity (Wildman–Crippen MR) is 126 cm³/mol. The number of thiophene rings is 1. The highest BCUT2D eigenvalue weighted by molar-refractivity contribution is 14.0. The fourth-order valence-electron chi connectivity index (χ4n) is 2.52. The fraction of sp³-hybridized carbons (Fsp3) is 0.400. The molecule has 0 aliphatic heterocycles. The third kappa shape index (κ3) is 7.88. The van der Waals surface area contributed by atoms with Crippen LogP contribution in [-0.2, 0) is 16.8 Å². The van der Waals surface area contributed by atoms with E-state index in [0.29, 0.717) is 6.54 Å². The van der Waals surface area contributed by atoms with Crippen LogP contribution in [0.5, 0.6) is 0 Å². The van der Waals surface area contributed by atoms with Gasteiger partial charge in [0.25, 0.3) is 0 Å². The van der Waals surface area contributed by atoms with Gasteiger partial charge in [-0.15, -0.1) is 35.3 Å². The van der Waals surface area contributed by atoms with Crippen molar-refractivity contribution < 1.29 is 4.79 Å². The lowest BCUT2D eigenvalue weighted by Gasteiger charge is -2.25. The van der Waals surface area contributed by atoms with Gasteiger partial charge in [0.05, 0.1) is 6.54 Å². The number of nitrogens with one attached hydrogen (secondary N) is 3. The van der Waals surface area contributed by atoms with E-state index in [0.717, 1.165) is 30.3 Å². The molecule has 0 aliphatic carbocycles. The van der Waals surface area contributed by atoms with Crippen molar-refractivity contribution in [1.82, 2.24) is 10.6 Å². The standard InChI is InChI=1S/C20H28N4OS.HI/c1-5-21-19(23-14-20(3,4)18-10-7-11-26-18)22-13-16-8-6-9-17(12-16)24-15(2)25;/h6-12H,5,13-14H2,1-4H3,(H,24,25)(H2,21,22,23);1H. The summed E-state index contributed by atoms with van der Waals surface area (Å²) in [4.78, 5) is 17.2. The number of hydrogen-bond donors (Lipinski definition) is 3. The molecule has 0 fully saturated rings. The maximum absolute atomic E-state index is 11.2. The number of halogens is 1. The number of guanidine groups is 1. The summed E-state index contributed by atoms with van der Waals surface area (Å²) in [6.07, 6.45) is 0. The lowest BCUT2D eigenvalue weighted by atomic mass is 9.91. The monoisotopic (exact) mass is 500 g/mol. The molecule has 0 saturated heterocycles. The zero-order chi connectivity index (χ0) is 19.0. The van der Waals surface area contributed by atoms with Crippen LogP contribution in [0.3, 0.4) is 0 Å². The van der Waals surface area contributed by atoms with Crippen molar-refractivity contribution in [2.75, 3.05) is 18.4 Å². The molecule has 0 spiro atoms. The third-order valence-electron chi connectivity index (χ3n) is 3.90. The number of benzene rings is 1. The van der Waals surface area contributed by atoms with Crippen LogP contribution in [0.25, 0.3) is 0 Å². The topological polar surface area (TPSA) is 65.5 Å². The molecule has 148 valence electrons. The third-order valence-corrected chi connectivity index (χ3v) is 5.13. The lowest BCUT2D eigenvalue weighted by molar-refractivity contribution is -0.114. The minimum atomic E-state index is -0.0727. The number of hydrogen-bond acceptors (Lipinski definition) is 3. The maximum Gasteiger partial charge on any atom is 0.221 e. The van der Waals surface area contributed by atoms with Gasteiger partial charge in [-0.25, -0.2) is 4.99 Å². The molecular formula is C20H29IN4OS. The molecule has 1 heterocycles. The molecule has 2 aromatic rings. The molecular weight excluding hydrogens is 471 g/mol. The van der Waals surface area contributed by atoms with Gasteiger partial charge < -0.3 is 16.0 Å². The molecule has 27 heavy (non-hydrogen) atoms. The minimum absolute atomic E-state index is 0. The zero-order valence-electron chi connectivity index (χ0n) is 16.3. The molecule has 1 aromatic heterocycles. The molecule has 7 heteroatoms. The number of rotatable bonds is 7. The van der Waals surface area contributed by atoms with Gasteiger partial charge >= 0.3 is 0 Å². The van der Waals surface area contributed by atoms with Crippen molar-refractivity contribution >= 4 is 52.9 Å². The Bertz CT molecular complexity index is 744. The number of carbonyl (C=O) groups excluding carboxylic acids is 1. The van der Waals surface area contributed by atoms with E-state index in [9.17, 15) is 4.79 Å². The normalized spacial score (nSPS) is 11.5. The van der Waals surface area contributed by atoms with E-state index in [2.05, 4.69) is 59.2 Å². The van der Waals surface area contributed by atoms with Gasteiger partial charge in [0.15, 0.2) is 5.96 Å². The van der Waals surface area contributed by atoms with E-state index in [4.69, 9.17) is 0 Å². The highest BCUT2D eigenvalue weighted by atomic mass is 127. The quantitative estimate of drug-likeness (QED) is 0.301. The van der Waals surface area contributed by atoms with Gasteiger partial charge in [-0.05, 0) is 36.1 Å². The van der Waals surface area contributed by atoms with E-state index in [1.807, 2.05) is 24.3 Å². The average Bonchev–Trinajstić information content (AvgIpc) is 3.13. The van der Waals surface area contributed by atoms with Crippen molar-refractivity contribution in [3.05, 3.63) is 52.2 Å². The Kier molecular flexibility index (Phi) is 9.79. The van der Waals surface area contributed by atoms with E-state index in [-0.39, 0.29) is 35.3 Å². The van der Waals surface area contributed by atoms with Crippen LogP contribution < -0.4 is 16.0 Å². The average molecular weight is 500 g/mol. The summed E-state index contributed by atoms with van der Waals surface area (Å²) in [7, 11) is 0. The van der Waals surface area contributed by atoms with E-state index in [1.54, 1.807) is 11.3 Å². The molecule has 1 aromatic carbocycles. The smallest absolute Gasteiger partial charge is 0.221 e. The Morgan fingerprint density at radius 3 is 2.59 bits per heavy atom. The zero-order valence-corrected chi connectivity index (χ0v) is 19.5. The Morgan fingerprint density at radius 2 is 1.96 bits per heavy atom. The molecule has 0 atom stereocenters. The van der Waals surface area contributed by atoms with Crippen LogP contribution >= 0.6 is 35.3 Å². The molecule has 0 radical (unpaired) electrons. The first-order valence-corrected chi connectivity index (χ1v) is 9.71. The second-order valence-electron chi connectivity index (χ2n) is 6.79. The summed E-state index contributed by atoms with van der Waals surface area (Å²) in [5, 5.41) is 11.6. The van der Waals surface area contributed by atoms with Crippen LogP contribution in [0.1, 0.15) is 38.1 Å². The highest BCUT2D eigenvalue weighted by Gasteiger charge is 2.21. The summed E-state index contributed by atoms with van der Waals surface area (Å²) in [6, 6.07) is 12.0. The van der Waals surface area contributed by atoms with Gasteiger partial charge in [-0.1, -0.05) is 32.0 Å². The van der Waals surface area contributed by atoms with Crippen LogP contribution in [0.15, 0.2) is 46.8 Å². The number of anilines is 1. The first kappa shape index (κ1) is 23.4. The Balaban J connectivity index is 0.00000364. The minimum Gasteiger partial charge on any atom is -0.357 e.